The van der Waals surface area contributed by atoms with Gasteiger partial charge >= 0.3 is 0 Å². The van der Waals surface area contributed by atoms with Gasteiger partial charge in [0.1, 0.15) is 5.75 Å². The molecule has 2 atom stereocenters. The fourth-order valence-corrected chi connectivity index (χ4v) is 3.26. The van der Waals surface area contributed by atoms with E-state index in [4.69, 9.17) is 0 Å². The molecule has 19 heavy (non-hydrogen) atoms. The highest BCUT2D eigenvalue weighted by Gasteiger charge is 2.10. The van der Waals surface area contributed by atoms with Crippen LogP contribution in [-0.4, -0.2) is 11.1 Å². The van der Waals surface area contributed by atoms with Crippen molar-refractivity contribution in [2.75, 3.05) is 0 Å². The summed E-state index contributed by atoms with van der Waals surface area (Å²) in [5.41, 5.74) is 1.20. The Bertz CT molecular complexity index is 518. The Hall–Kier alpha value is -1.32. The van der Waals surface area contributed by atoms with Gasteiger partial charge in [-0.05, 0) is 57.0 Å². The number of rotatable bonds is 5. The molecule has 102 valence electrons. The van der Waals surface area contributed by atoms with Gasteiger partial charge in [0.15, 0.2) is 0 Å². The van der Waals surface area contributed by atoms with Gasteiger partial charge in [-0.2, -0.15) is 0 Å². The summed E-state index contributed by atoms with van der Waals surface area (Å²) in [6.07, 6.45) is 1.06. The summed E-state index contributed by atoms with van der Waals surface area (Å²) >= 11 is 1.87. The molecule has 1 aromatic carbocycles. The lowest BCUT2D eigenvalue weighted by atomic mass is 10.1. The number of hydrogen-bond donors (Lipinski definition) is 2. The van der Waals surface area contributed by atoms with Crippen molar-refractivity contribution in [2.24, 2.45) is 0 Å². The fourth-order valence-electron chi connectivity index (χ4n) is 2.24. The summed E-state index contributed by atoms with van der Waals surface area (Å²) in [5.74, 6) is 0.318. The molecule has 2 nitrogen and oxygen atoms in total. The van der Waals surface area contributed by atoms with Crippen molar-refractivity contribution >= 4 is 11.3 Å². The van der Waals surface area contributed by atoms with E-state index in [-0.39, 0.29) is 6.04 Å². The highest BCUT2D eigenvalue weighted by atomic mass is 32.1. The quantitative estimate of drug-likeness (QED) is 0.863. The number of phenolic OH excluding ortho intramolecular Hbond substituents is 1. The maximum absolute atomic E-state index is 9.30. The van der Waals surface area contributed by atoms with Crippen LogP contribution in [0.2, 0.25) is 0 Å². The second-order valence-electron chi connectivity index (χ2n) is 5.10. The van der Waals surface area contributed by atoms with Crippen LogP contribution in [0, 0.1) is 6.92 Å². The molecule has 0 saturated heterocycles. The monoisotopic (exact) mass is 275 g/mol. The Labute approximate surface area is 119 Å². The number of hydrogen-bond acceptors (Lipinski definition) is 3. The molecular weight excluding hydrogens is 254 g/mol. The lowest BCUT2D eigenvalue weighted by Crippen LogP contribution is -2.30. The van der Waals surface area contributed by atoms with Crippen molar-refractivity contribution in [1.29, 1.82) is 0 Å². The maximum Gasteiger partial charge on any atom is 0.115 e. The van der Waals surface area contributed by atoms with E-state index in [0.717, 1.165) is 6.42 Å². The van der Waals surface area contributed by atoms with E-state index in [1.807, 2.05) is 23.5 Å². The normalized spacial score (nSPS) is 14.3. The molecule has 2 aromatic rings. The van der Waals surface area contributed by atoms with Gasteiger partial charge in [0.05, 0.1) is 0 Å². The Morgan fingerprint density at radius 3 is 2.37 bits per heavy atom. The topological polar surface area (TPSA) is 32.3 Å². The number of aryl methyl sites for hydroxylation is 1. The SMILES string of the molecule is Cc1ccc(CC(C)NC(C)c2ccc(O)cc2)s1. The van der Waals surface area contributed by atoms with Crippen LogP contribution in [0.5, 0.6) is 5.75 Å². The fraction of sp³-hybridized carbons (Fsp3) is 0.375. The van der Waals surface area contributed by atoms with Gasteiger partial charge in [0.25, 0.3) is 0 Å². The molecule has 0 spiro atoms. The molecule has 2 rings (SSSR count). The second kappa shape index (κ2) is 6.22. The Morgan fingerprint density at radius 1 is 1.11 bits per heavy atom. The summed E-state index contributed by atoms with van der Waals surface area (Å²) in [7, 11) is 0. The van der Waals surface area contributed by atoms with Gasteiger partial charge in [0.2, 0.25) is 0 Å². The summed E-state index contributed by atoms with van der Waals surface area (Å²) in [5, 5.41) is 12.9. The van der Waals surface area contributed by atoms with E-state index in [9.17, 15) is 5.11 Å². The van der Waals surface area contributed by atoms with Crippen LogP contribution in [0.1, 0.15) is 35.2 Å². The van der Waals surface area contributed by atoms with Gasteiger partial charge in [-0.25, -0.2) is 0 Å². The van der Waals surface area contributed by atoms with Crippen LogP contribution in [0.3, 0.4) is 0 Å². The number of nitrogens with one attached hydrogen (secondary N) is 1. The van der Waals surface area contributed by atoms with Crippen molar-refractivity contribution in [3.8, 4) is 5.75 Å². The third-order valence-electron chi connectivity index (χ3n) is 3.23. The lowest BCUT2D eigenvalue weighted by molar-refractivity contribution is 0.469. The van der Waals surface area contributed by atoms with Crippen LogP contribution in [0.15, 0.2) is 36.4 Å². The zero-order valence-corrected chi connectivity index (χ0v) is 12.5. The van der Waals surface area contributed by atoms with Crippen LogP contribution in [-0.2, 0) is 6.42 Å². The van der Waals surface area contributed by atoms with E-state index in [1.165, 1.54) is 15.3 Å². The van der Waals surface area contributed by atoms with Crippen molar-refractivity contribution < 1.29 is 5.11 Å². The molecule has 2 unspecified atom stereocenters. The highest BCUT2D eigenvalue weighted by molar-refractivity contribution is 7.11. The van der Waals surface area contributed by atoms with Gasteiger partial charge in [0, 0.05) is 21.8 Å². The molecule has 0 saturated carbocycles. The maximum atomic E-state index is 9.30. The molecular formula is C16H21NOS. The second-order valence-corrected chi connectivity index (χ2v) is 6.47. The van der Waals surface area contributed by atoms with Gasteiger partial charge in [-0.3, -0.25) is 0 Å². The Balaban J connectivity index is 1.91. The molecule has 3 heteroatoms. The number of thiophene rings is 1. The van der Waals surface area contributed by atoms with E-state index in [1.54, 1.807) is 12.1 Å². The first kappa shape index (κ1) is 14.1. The molecule has 1 heterocycles. The minimum Gasteiger partial charge on any atom is -0.508 e. The van der Waals surface area contributed by atoms with E-state index >= 15 is 0 Å². The number of benzene rings is 1. The Morgan fingerprint density at radius 2 is 1.79 bits per heavy atom. The summed E-state index contributed by atoms with van der Waals surface area (Å²) in [6.45, 7) is 6.51. The summed E-state index contributed by atoms with van der Waals surface area (Å²) < 4.78 is 0. The molecule has 0 radical (unpaired) electrons. The molecule has 1 aromatic heterocycles. The molecule has 0 aliphatic rings. The smallest absolute Gasteiger partial charge is 0.115 e. The molecule has 0 amide bonds. The molecule has 0 fully saturated rings. The van der Waals surface area contributed by atoms with E-state index in [2.05, 4.69) is 38.2 Å². The first-order chi connectivity index (χ1) is 9.04. The minimum atomic E-state index is 0.289. The average Bonchev–Trinajstić information content (AvgIpc) is 2.75. The first-order valence-electron chi connectivity index (χ1n) is 6.65. The lowest BCUT2D eigenvalue weighted by Gasteiger charge is -2.20. The predicted molar refractivity (Wildman–Crippen MR) is 81.9 cm³/mol. The van der Waals surface area contributed by atoms with Gasteiger partial charge in [-0.1, -0.05) is 12.1 Å². The van der Waals surface area contributed by atoms with Gasteiger partial charge in [-0.15, -0.1) is 11.3 Å². The zero-order chi connectivity index (χ0) is 13.8. The molecule has 0 aliphatic carbocycles. The first-order valence-corrected chi connectivity index (χ1v) is 7.46. The molecule has 2 N–H and O–H groups in total. The van der Waals surface area contributed by atoms with Crippen LogP contribution in [0.25, 0.3) is 0 Å². The number of aromatic hydroxyl groups is 1. The minimum absolute atomic E-state index is 0.289. The highest BCUT2D eigenvalue weighted by Crippen LogP contribution is 2.20. The van der Waals surface area contributed by atoms with Crippen molar-refractivity contribution in [2.45, 2.75) is 39.3 Å². The van der Waals surface area contributed by atoms with E-state index < -0.39 is 0 Å². The van der Waals surface area contributed by atoms with Crippen molar-refractivity contribution in [3.05, 3.63) is 51.7 Å². The third kappa shape index (κ3) is 4.08. The molecule has 0 aliphatic heterocycles. The van der Waals surface area contributed by atoms with Gasteiger partial charge < -0.3 is 10.4 Å². The predicted octanol–water partition coefficient (Wildman–Crippen LogP) is 4.04. The summed E-state index contributed by atoms with van der Waals surface area (Å²) in [4.78, 5) is 2.80. The number of phenols is 1. The average molecular weight is 275 g/mol. The zero-order valence-electron chi connectivity index (χ0n) is 11.7. The summed E-state index contributed by atoms with van der Waals surface area (Å²) in [6, 6.07) is 12.5. The Kier molecular flexibility index (Phi) is 4.61. The largest absolute Gasteiger partial charge is 0.508 e. The van der Waals surface area contributed by atoms with Crippen LogP contribution >= 0.6 is 11.3 Å². The van der Waals surface area contributed by atoms with Crippen LogP contribution < -0.4 is 5.32 Å². The standard InChI is InChI=1S/C16H21NOS/c1-11(10-16-9-4-12(2)19-16)17-13(3)14-5-7-15(18)8-6-14/h4-9,11,13,17-18H,10H2,1-3H3. The van der Waals surface area contributed by atoms with Crippen molar-refractivity contribution in [1.82, 2.24) is 5.32 Å². The molecule has 0 bridgehead atoms. The van der Waals surface area contributed by atoms with Crippen LogP contribution in [0.4, 0.5) is 0 Å². The van der Waals surface area contributed by atoms with Crippen molar-refractivity contribution in [3.63, 3.8) is 0 Å². The van der Waals surface area contributed by atoms with E-state index in [0.29, 0.717) is 11.8 Å². The third-order valence-corrected chi connectivity index (χ3v) is 4.25.